The van der Waals surface area contributed by atoms with Gasteiger partial charge in [-0.3, -0.25) is 19.7 Å². The molecule has 256 valence electrons. The van der Waals surface area contributed by atoms with Crippen LogP contribution in [-0.2, 0) is 23.9 Å². The molecule has 0 aliphatic heterocycles. The van der Waals surface area contributed by atoms with E-state index < -0.39 is 29.5 Å². The summed E-state index contributed by atoms with van der Waals surface area (Å²) in [5.74, 6) is -0.646. The second kappa shape index (κ2) is 19.4. The summed E-state index contributed by atoms with van der Waals surface area (Å²) in [5.41, 5.74) is 6.67. The van der Waals surface area contributed by atoms with Crippen LogP contribution in [0.5, 0.6) is 0 Å². The number of hydrogen-bond donors (Lipinski definition) is 4. The summed E-state index contributed by atoms with van der Waals surface area (Å²) in [7, 11) is 0. The summed E-state index contributed by atoms with van der Waals surface area (Å²) >= 11 is 5.25. The first-order chi connectivity index (χ1) is 21.4. The van der Waals surface area contributed by atoms with Gasteiger partial charge in [-0.1, -0.05) is 51.6 Å². The molecule has 11 nitrogen and oxygen atoms in total. The summed E-state index contributed by atoms with van der Waals surface area (Å²) < 4.78 is 10.5. The van der Waals surface area contributed by atoms with Crippen LogP contribution in [-0.4, -0.2) is 61.9 Å². The van der Waals surface area contributed by atoms with Crippen molar-refractivity contribution in [2.75, 3.05) is 29.2 Å². The number of rotatable bonds is 13. The smallest absolute Gasteiger partial charge is 0.413 e. The van der Waals surface area contributed by atoms with Crippen LogP contribution in [0.3, 0.4) is 0 Å². The Labute approximate surface area is 282 Å². The maximum absolute atomic E-state index is 12.6. The predicted molar refractivity (Wildman–Crippen MR) is 186 cm³/mol. The molecule has 4 N–H and O–H groups in total. The molecular weight excluding hydrogens is 629 g/mol. The van der Waals surface area contributed by atoms with E-state index in [4.69, 9.17) is 15.2 Å². The monoisotopic (exact) mass is 678 g/mol. The molecule has 2 heterocycles. The number of amides is 1. The van der Waals surface area contributed by atoms with E-state index in [1.807, 2.05) is 39.8 Å². The number of carbonyl (C=O) groups excluding carboxylic acids is 3. The van der Waals surface area contributed by atoms with Gasteiger partial charge in [0, 0.05) is 42.7 Å². The van der Waals surface area contributed by atoms with Gasteiger partial charge in [0.1, 0.15) is 17.2 Å². The Morgan fingerprint density at radius 2 is 1.50 bits per heavy atom. The Morgan fingerprint density at radius 3 is 1.89 bits per heavy atom. The van der Waals surface area contributed by atoms with Gasteiger partial charge in [-0.05, 0) is 62.8 Å². The molecule has 0 aliphatic rings. The van der Waals surface area contributed by atoms with Gasteiger partial charge >= 0.3 is 18.0 Å². The molecule has 0 bridgehead atoms. The number of hydrogen-bond acceptors (Lipinski definition) is 11. The molecule has 2 aromatic heterocycles. The topological polar surface area (TPSA) is 171 Å². The van der Waals surface area contributed by atoms with Gasteiger partial charge in [0.25, 0.3) is 0 Å². The second-order valence-corrected chi connectivity index (χ2v) is 14.0. The quantitative estimate of drug-likeness (QED) is 0.132. The fourth-order valence-corrected chi connectivity index (χ4v) is 6.12. The lowest BCUT2D eigenvalue weighted by Gasteiger charge is -2.28. The van der Waals surface area contributed by atoms with Crippen molar-refractivity contribution >= 4 is 59.2 Å². The van der Waals surface area contributed by atoms with Crippen LogP contribution in [0.4, 0.5) is 16.4 Å². The van der Waals surface area contributed by atoms with Crippen LogP contribution in [0.1, 0.15) is 85.3 Å². The van der Waals surface area contributed by atoms with Crippen LogP contribution in [0.25, 0.3) is 0 Å². The number of nitrogens with zero attached hydrogens (tertiary/aromatic N) is 2. The number of ether oxygens (including phenoxy) is 2. The molecule has 0 saturated heterocycles. The number of aliphatic carboxylic acids is 1. The fraction of sp³-hybridized carbons (Fsp3) is 0.576. The Morgan fingerprint density at radius 1 is 0.957 bits per heavy atom. The van der Waals surface area contributed by atoms with E-state index in [1.165, 1.54) is 6.92 Å². The van der Waals surface area contributed by atoms with E-state index in [2.05, 4.69) is 27.9 Å². The van der Waals surface area contributed by atoms with Crippen LogP contribution >= 0.6 is 24.4 Å². The average molecular weight is 679 g/mol. The van der Waals surface area contributed by atoms with E-state index in [1.54, 1.807) is 52.2 Å². The number of carboxylic acids is 1. The van der Waals surface area contributed by atoms with Gasteiger partial charge in [-0.25, -0.2) is 14.8 Å². The summed E-state index contributed by atoms with van der Waals surface area (Å²) in [6.45, 7) is 16.9. The maximum atomic E-state index is 12.6. The van der Waals surface area contributed by atoms with Crippen molar-refractivity contribution in [3.8, 4) is 0 Å². The Hall–Kier alpha value is -3.32. The van der Waals surface area contributed by atoms with Gasteiger partial charge in [-0.15, -0.1) is 0 Å². The first-order valence-corrected chi connectivity index (χ1v) is 16.8. The number of aromatic nitrogens is 2. The maximum Gasteiger partial charge on any atom is 0.413 e. The lowest BCUT2D eigenvalue weighted by Crippen LogP contribution is -2.30. The third-order valence-electron chi connectivity index (χ3n) is 6.87. The number of thioether (sulfide) groups is 1. The normalized spacial score (nSPS) is 13.9. The molecule has 1 amide bonds. The Kier molecular flexibility index (Phi) is 17.1. The molecule has 2 aromatic rings. The molecule has 0 saturated carbocycles. The van der Waals surface area contributed by atoms with E-state index in [9.17, 15) is 24.3 Å². The van der Waals surface area contributed by atoms with Crippen molar-refractivity contribution in [3.63, 3.8) is 0 Å². The number of nitrogens with two attached hydrogens (primary N) is 1. The molecular formula is C33H50N4O7S2. The van der Waals surface area contributed by atoms with Crippen LogP contribution in [0.15, 0.2) is 36.7 Å². The van der Waals surface area contributed by atoms with Gasteiger partial charge in [0.05, 0.1) is 18.4 Å². The highest BCUT2D eigenvalue weighted by atomic mass is 32.2. The molecule has 4 unspecified atom stereocenters. The number of carbonyl (C=O) groups is 4. The zero-order chi connectivity index (χ0) is 35.2. The van der Waals surface area contributed by atoms with E-state index in [-0.39, 0.29) is 41.4 Å². The van der Waals surface area contributed by atoms with E-state index >= 15 is 0 Å². The minimum Gasteiger partial charge on any atom is -0.481 e. The predicted octanol–water partition coefficient (Wildman–Crippen LogP) is 6.66. The molecule has 46 heavy (non-hydrogen) atoms. The molecule has 0 radical (unpaired) electrons. The van der Waals surface area contributed by atoms with E-state index in [0.29, 0.717) is 23.1 Å². The van der Waals surface area contributed by atoms with Gasteiger partial charge < -0.3 is 20.3 Å². The number of anilines is 2. The zero-order valence-corrected chi connectivity index (χ0v) is 30.0. The molecule has 0 aliphatic carbocycles. The van der Waals surface area contributed by atoms with Crippen molar-refractivity contribution in [2.24, 2.45) is 23.7 Å². The van der Waals surface area contributed by atoms with Gasteiger partial charge in [-0.2, -0.15) is 12.6 Å². The SMILES string of the molecule is CC(C)C(c1ccc(N)nc1)C(CS)C(=O)O.CCOC(=O)C(CSC(C)=O)C(c1ccc(NC(=O)OC(C)(C)C)nc1)C(C)C. The highest BCUT2D eigenvalue weighted by Crippen LogP contribution is 2.36. The van der Waals surface area contributed by atoms with Crippen molar-refractivity contribution in [3.05, 3.63) is 47.8 Å². The first kappa shape index (κ1) is 40.7. The standard InChI is InChI=1S/C21H32N2O5S.C12H18N2O2S/c1-8-27-19(25)16(12-29-14(4)24)18(13(2)3)15-9-10-17(22-11-15)23-20(26)28-21(5,6)7;1-7(2)11(9(6-17)12(15)16)8-3-4-10(13)14-5-8/h9-11,13,16,18H,8,12H2,1-7H3,(H,22,23,26);3-5,7,9,11,17H,6H2,1-2H3,(H2,13,14)(H,15,16). The van der Waals surface area contributed by atoms with Gasteiger partial charge in [0.15, 0.2) is 5.12 Å². The molecule has 0 aromatic carbocycles. The molecule has 0 spiro atoms. The largest absolute Gasteiger partial charge is 0.481 e. The van der Waals surface area contributed by atoms with Crippen molar-refractivity contribution in [2.45, 2.75) is 79.8 Å². The lowest BCUT2D eigenvalue weighted by molar-refractivity contribution is -0.148. The fourth-order valence-electron chi connectivity index (χ4n) is 4.98. The lowest BCUT2D eigenvalue weighted by atomic mass is 9.79. The highest BCUT2D eigenvalue weighted by molar-refractivity contribution is 8.13. The summed E-state index contributed by atoms with van der Waals surface area (Å²) in [5, 5.41) is 11.8. The number of carboxylic acid groups (broad SMARTS) is 1. The van der Waals surface area contributed by atoms with Crippen molar-refractivity contribution < 1.29 is 33.8 Å². The summed E-state index contributed by atoms with van der Waals surface area (Å²) in [4.78, 5) is 55.5. The number of nitrogen functional groups attached to an aromatic ring is 1. The number of pyridine rings is 2. The second-order valence-electron chi connectivity index (χ2n) is 12.4. The summed E-state index contributed by atoms with van der Waals surface area (Å²) in [6.07, 6.45) is 2.71. The number of esters is 1. The average Bonchev–Trinajstić information content (AvgIpc) is 2.94. The Bertz CT molecular complexity index is 1270. The van der Waals surface area contributed by atoms with E-state index in [0.717, 1.165) is 22.9 Å². The third kappa shape index (κ3) is 14.0. The number of thiol groups is 1. The van der Waals surface area contributed by atoms with Gasteiger partial charge in [0.2, 0.25) is 0 Å². The number of nitrogens with one attached hydrogen (secondary N) is 1. The summed E-state index contributed by atoms with van der Waals surface area (Å²) in [6, 6.07) is 7.04. The molecule has 0 fully saturated rings. The molecule has 2 rings (SSSR count). The molecule has 4 atom stereocenters. The third-order valence-corrected chi connectivity index (χ3v) is 8.19. The highest BCUT2D eigenvalue weighted by Gasteiger charge is 2.34. The van der Waals surface area contributed by atoms with Crippen LogP contribution in [0.2, 0.25) is 0 Å². The minimum absolute atomic E-state index is 0.0446. The van der Waals surface area contributed by atoms with Crippen LogP contribution < -0.4 is 11.1 Å². The Balaban J connectivity index is 0.000000527. The van der Waals surface area contributed by atoms with Crippen molar-refractivity contribution in [1.29, 1.82) is 0 Å². The van der Waals surface area contributed by atoms with Crippen LogP contribution in [0, 0.1) is 23.7 Å². The zero-order valence-electron chi connectivity index (χ0n) is 28.3. The van der Waals surface area contributed by atoms with Crippen molar-refractivity contribution in [1.82, 2.24) is 9.97 Å². The minimum atomic E-state index is -0.824. The first-order valence-electron chi connectivity index (χ1n) is 15.2. The molecule has 13 heteroatoms.